The van der Waals surface area contributed by atoms with Gasteiger partial charge in [0, 0.05) is 10.8 Å². The number of hydrogen-bond donors (Lipinski definition) is 2. The van der Waals surface area contributed by atoms with Gasteiger partial charge in [-0.2, -0.15) is 10.2 Å². The summed E-state index contributed by atoms with van der Waals surface area (Å²) < 4.78 is 0. The average molecular weight is 519 g/mol. The molecule has 0 saturated carbocycles. The molecule has 0 radical (unpaired) electrons. The zero-order valence-electron chi connectivity index (χ0n) is 21.6. The number of nitrogens with one attached hydrogen (secondary N) is 2. The van der Waals surface area contributed by atoms with E-state index in [0.29, 0.717) is 11.6 Å². The first-order valence-corrected chi connectivity index (χ1v) is 13.0. The van der Waals surface area contributed by atoms with Gasteiger partial charge in [-0.1, -0.05) is 133 Å². The van der Waals surface area contributed by atoms with Gasteiger partial charge in [0.1, 0.15) is 0 Å². The summed E-state index contributed by atoms with van der Waals surface area (Å²) in [4.78, 5) is 0. The van der Waals surface area contributed by atoms with Gasteiger partial charge in [-0.25, -0.2) is 0 Å². The van der Waals surface area contributed by atoms with E-state index in [4.69, 9.17) is 0 Å². The van der Waals surface area contributed by atoms with Crippen molar-refractivity contribution < 1.29 is 0 Å². The van der Waals surface area contributed by atoms with Crippen LogP contribution in [-0.2, 0) is 0 Å². The highest BCUT2D eigenvalue weighted by atomic mass is 15.4. The Bertz CT molecular complexity index is 1630. The molecule has 5 aromatic carbocycles. The Hall–Kier alpha value is -5.62. The van der Waals surface area contributed by atoms with Crippen molar-refractivity contribution in [3.63, 3.8) is 0 Å². The van der Waals surface area contributed by atoms with Gasteiger partial charge in [0.2, 0.25) is 0 Å². The van der Waals surface area contributed by atoms with Crippen LogP contribution in [0.3, 0.4) is 0 Å². The van der Waals surface area contributed by atoms with Crippen molar-refractivity contribution in [1.82, 2.24) is 10.2 Å². The second-order valence-electron chi connectivity index (χ2n) is 9.16. The number of hydrazone groups is 2. The quantitative estimate of drug-likeness (QED) is 0.159. The van der Waals surface area contributed by atoms with Crippen LogP contribution >= 0.6 is 0 Å². The van der Waals surface area contributed by atoms with Crippen molar-refractivity contribution >= 4 is 34.8 Å². The van der Waals surface area contributed by atoms with Gasteiger partial charge in [0.15, 0.2) is 11.6 Å². The number of benzene rings is 5. The highest BCUT2D eigenvalue weighted by molar-refractivity contribution is 5.98. The van der Waals surface area contributed by atoms with Gasteiger partial charge in [0.25, 0.3) is 0 Å². The fourth-order valence-corrected chi connectivity index (χ4v) is 4.39. The molecule has 0 amide bonds. The van der Waals surface area contributed by atoms with Crippen LogP contribution in [0.15, 0.2) is 144 Å². The van der Waals surface area contributed by atoms with Gasteiger partial charge >= 0.3 is 0 Å². The maximum absolute atomic E-state index is 4.40. The Balaban J connectivity index is 1.13. The lowest BCUT2D eigenvalue weighted by molar-refractivity contribution is 1.03. The molecule has 6 heteroatoms. The molecule has 0 aliphatic heterocycles. The molecule has 2 N–H and O–H groups in total. The zero-order chi connectivity index (χ0) is 27.0. The van der Waals surface area contributed by atoms with Crippen LogP contribution < -0.4 is 10.9 Å². The highest BCUT2D eigenvalue weighted by Gasteiger charge is 2.08. The number of aromatic nitrogens is 2. The first-order valence-electron chi connectivity index (χ1n) is 13.0. The predicted octanol–water partition coefficient (Wildman–Crippen LogP) is 7.86. The van der Waals surface area contributed by atoms with Gasteiger partial charge in [-0.3, -0.25) is 10.9 Å². The van der Waals surface area contributed by atoms with Gasteiger partial charge in [0.05, 0.1) is 12.4 Å². The van der Waals surface area contributed by atoms with Gasteiger partial charge in [-0.15, -0.1) is 10.2 Å². The lowest BCUT2D eigenvalue weighted by Gasteiger charge is -2.08. The zero-order valence-corrected chi connectivity index (χ0v) is 21.6. The molecule has 0 aliphatic carbocycles. The Morgan fingerprint density at radius 3 is 1.15 bits per heavy atom. The van der Waals surface area contributed by atoms with Crippen LogP contribution in [0.2, 0.25) is 0 Å². The molecule has 6 nitrogen and oxygen atoms in total. The van der Waals surface area contributed by atoms with Crippen LogP contribution in [0.4, 0.5) is 11.6 Å². The summed E-state index contributed by atoms with van der Waals surface area (Å²) in [5, 5.41) is 19.3. The van der Waals surface area contributed by atoms with Gasteiger partial charge < -0.3 is 0 Å². The number of anilines is 2. The maximum Gasteiger partial charge on any atom is 0.176 e. The molecule has 0 atom stereocenters. The van der Waals surface area contributed by atoms with E-state index < -0.39 is 0 Å². The highest BCUT2D eigenvalue weighted by Crippen LogP contribution is 2.26. The minimum atomic E-state index is 0.568. The molecule has 1 aromatic heterocycles. The Kier molecular flexibility index (Phi) is 7.31. The maximum atomic E-state index is 4.40. The SMILES string of the molecule is C(=N\Nc1nnc(N/N=C/c2ccc(-c3ccccc3)cc2)c2ccccc12)/c1ccc(-c2ccccc2)cc1. The van der Waals surface area contributed by atoms with Crippen LogP contribution in [0.5, 0.6) is 0 Å². The van der Waals surface area contributed by atoms with E-state index in [9.17, 15) is 0 Å². The lowest BCUT2D eigenvalue weighted by Crippen LogP contribution is -2.01. The van der Waals surface area contributed by atoms with Crippen molar-refractivity contribution in [2.75, 3.05) is 10.9 Å². The summed E-state index contributed by atoms with van der Waals surface area (Å²) >= 11 is 0. The monoisotopic (exact) mass is 518 g/mol. The predicted molar refractivity (Wildman–Crippen MR) is 166 cm³/mol. The summed E-state index contributed by atoms with van der Waals surface area (Å²) in [6.07, 6.45) is 3.54. The molecule has 0 aliphatic rings. The second kappa shape index (κ2) is 11.8. The smallest absolute Gasteiger partial charge is 0.176 e. The minimum absolute atomic E-state index is 0.568. The molecular weight excluding hydrogens is 492 g/mol. The molecule has 40 heavy (non-hydrogen) atoms. The third-order valence-electron chi connectivity index (χ3n) is 6.49. The third kappa shape index (κ3) is 5.76. The van der Waals surface area contributed by atoms with Crippen LogP contribution in [-0.4, -0.2) is 22.6 Å². The molecule has 1 heterocycles. The molecule has 0 fully saturated rings. The molecule has 192 valence electrons. The standard InChI is InChI=1S/C34H26N6/c1-3-9-27(10-4-1)29-19-15-25(16-20-29)23-35-37-33-31-13-7-8-14-32(31)34(40-39-33)38-36-24-26-17-21-30(22-18-26)28-11-5-2-6-12-28/h1-24H,(H,37,39)(H,38,40)/b35-23+,36-24+. The van der Waals surface area contributed by atoms with E-state index in [0.717, 1.165) is 33.0 Å². The normalized spacial score (nSPS) is 11.3. The number of fused-ring (bicyclic) bond motifs is 1. The van der Waals surface area contributed by atoms with Crippen molar-refractivity contribution in [1.29, 1.82) is 0 Å². The van der Waals surface area contributed by atoms with E-state index in [1.807, 2.05) is 84.9 Å². The Morgan fingerprint density at radius 1 is 0.400 bits per heavy atom. The number of rotatable bonds is 8. The van der Waals surface area contributed by atoms with Crippen LogP contribution in [0.25, 0.3) is 33.0 Å². The van der Waals surface area contributed by atoms with Crippen LogP contribution in [0, 0.1) is 0 Å². The minimum Gasteiger partial charge on any atom is -0.259 e. The molecule has 0 unspecified atom stereocenters. The van der Waals surface area contributed by atoms with Crippen molar-refractivity contribution in [2.45, 2.75) is 0 Å². The molecule has 0 bridgehead atoms. The van der Waals surface area contributed by atoms with Crippen molar-refractivity contribution in [3.8, 4) is 22.3 Å². The average Bonchev–Trinajstić information content (AvgIpc) is 3.03. The number of hydrogen-bond acceptors (Lipinski definition) is 6. The lowest BCUT2D eigenvalue weighted by atomic mass is 10.0. The van der Waals surface area contributed by atoms with Gasteiger partial charge in [-0.05, 0) is 33.4 Å². The first-order chi connectivity index (χ1) is 19.8. The molecule has 6 rings (SSSR count). The van der Waals surface area contributed by atoms with E-state index in [-0.39, 0.29) is 0 Å². The summed E-state index contributed by atoms with van der Waals surface area (Å²) in [5.41, 5.74) is 12.7. The molecule has 6 aromatic rings. The largest absolute Gasteiger partial charge is 0.259 e. The van der Waals surface area contributed by atoms with E-state index in [1.54, 1.807) is 12.4 Å². The first kappa shape index (κ1) is 24.7. The fraction of sp³-hybridized carbons (Fsp3) is 0. The van der Waals surface area contributed by atoms with Crippen molar-refractivity contribution in [3.05, 3.63) is 145 Å². The van der Waals surface area contributed by atoms with E-state index in [1.165, 1.54) is 11.1 Å². The van der Waals surface area contributed by atoms with Crippen molar-refractivity contribution in [2.24, 2.45) is 10.2 Å². The summed E-state index contributed by atoms with van der Waals surface area (Å²) in [6, 6.07) is 45.0. The van der Waals surface area contributed by atoms with E-state index >= 15 is 0 Å². The molecular formula is C34H26N6. The summed E-state index contributed by atoms with van der Waals surface area (Å²) in [7, 11) is 0. The second-order valence-corrected chi connectivity index (χ2v) is 9.16. The number of nitrogens with zero attached hydrogens (tertiary/aromatic N) is 4. The Morgan fingerprint density at radius 2 is 0.750 bits per heavy atom. The fourth-order valence-electron chi connectivity index (χ4n) is 4.39. The van der Waals surface area contributed by atoms with E-state index in [2.05, 4.69) is 79.8 Å². The third-order valence-corrected chi connectivity index (χ3v) is 6.49. The summed E-state index contributed by atoms with van der Waals surface area (Å²) in [5.74, 6) is 1.14. The molecule has 0 spiro atoms. The topological polar surface area (TPSA) is 74.6 Å². The Labute approximate surface area is 232 Å². The molecule has 0 saturated heterocycles. The summed E-state index contributed by atoms with van der Waals surface area (Å²) in [6.45, 7) is 0. The van der Waals surface area contributed by atoms with Crippen LogP contribution in [0.1, 0.15) is 11.1 Å².